The fourth-order valence-corrected chi connectivity index (χ4v) is 2.63. The molecule has 24 heavy (non-hydrogen) atoms. The third-order valence-corrected chi connectivity index (χ3v) is 3.81. The Labute approximate surface area is 138 Å². The van der Waals surface area contributed by atoms with Crippen LogP contribution in [-0.4, -0.2) is 45.1 Å². The van der Waals surface area contributed by atoms with Gasteiger partial charge in [-0.15, -0.1) is 0 Å². The summed E-state index contributed by atoms with van der Waals surface area (Å²) in [6.07, 6.45) is 1.41. The monoisotopic (exact) mass is 332 g/mol. The summed E-state index contributed by atoms with van der Waals surface area (Å²) < 4.78 is 29.8. The zero-order valence-corrected chi connectivity index (χ0v) is 13.7. The third kappa shape index (κ3) is 3.05. The molecule has 0 fully saturated rings. The largest absolute Gasteiger partial charge is 0.368 e. The molecule has 3 rings (SSSR count). The number of fused-ring (bicyclic) bond motifs is 1. The summed E-state index contributed by atoms with van der Waals surface area (Å²) in [4.78, 5) is 10.1. The molecule has 0 bridgehead atoms. The average molecular weight is 332 g/mol. The van der Waals surface area contributed by atoms with E-state index in [4.69, 9.17) is 0 Å². The van der Waals surface area contributed by atoms with Gasteiger partial charge in [0.1, 0.15) is 23.8 Å². The van der Waals surface area contributed by atoms with E-state index in [9.17, 15) is 8.78 Å². The van der Waals surface area contributed by atoms with Crippen molar-refractivity contribution in [1.29, 1.82) is 0 Å². The number of nitrogens with one attached hydrogen (secondary N) is 1. The van der Waals surface area contributed by atoms with Crippen LogP contribution in [0.3, 0.4) is 0 Å². The molecule has 0 radical (unpaired) electrons. The average Bonchev–Trinajstić information content (AvgIpc) is 2.97. The molecule has 1 N–H and O–H groups in total. The smallest absolute Gasteiger partial charge is 0.254 e. The number of hydrogen-bond acceptors (Lipinski definition) is 5. The number of hydrogen-bond donors (Lipinski definition) is 1. The molecule has 0 aliphatic rings. The van der Waals surface area contributed by atoms with Crippen LogP contribution in [0.25, 0.3) is 5.78 Å². The molecule has 1 atom stereocenters. The SMILES string of the molecule is Cc1cc(NCC(c2c(F)cccc2F)N(C)C)n2ncnc2n1. The summed E-state index contributed by atoms with van der Waals surface area (Å²) >= 11 is 0. The quantitative estimate of drug-likeness (QED) is 0.778. The Morgan fingerprint density at radius 2 is 1.96 bits per heavy atom. The van der Waals surface area contributed by atoms with Crippen molar-refractivity contribution in [2.45, 2.75) is 13.0 Å². The topological polar surface area (TPSA) is 58.4 Å². The maximum absolute atomic E-state index is 14.1. The van der Waals surface area contributed by atoms with Crippen molar-refractivity contribution in [3.8, 4) is 0 Å². The molecule has 0 amide bonds. The fraction of sp³-hybridized carbons (Fsp3) is 0.312. The van der Waals surface area contributed by atoms with Crippen LogP contribution in [0.2, 0.25) is 0 Å². The van der Waals surface area contributed by atoms with E-state index >= 15 is 0 Å². The van der Waals surface area contributed by atoms with E-state index in [1.54, 1.807) is 23.5 Å². The highest BCUT2D eigenvalue weighted by atomic mass is 19.1. The minimum atomic E-state index is -0.563. The van der Waals surface area contributed by atoms with Crippen LogP contribution in [0.4, 0.5) is 14.6 Å². The second kappa shape index (κ2) is 6.48. The zero-order chi connectivity index (χ0) is 17.3. The highest BCUT2D eigenvalue weighted by molar-refractivity contribution is 5.45. The molecule has 0 spiro atoms. The van der Waals surface area contributed by atoms with Crippen molar-refractivity contribution >= 4 is 11.6 Å². The van der Waals surface area contributed by atoms with Crippen molar-refractivity contribution in [2.24, 2.45) is 0 Å². The van der Waals surface area contributed by atoms with E-state index in [0.29, 0.717) is 18.1 Å². The minimum Gasteiger partial charge on any atom is -0.368 e. The van der Waals surface area contributed by atoms with Crippen LogP contribution >= 0.6 is 0 Å². The third-order valence-electron chi connectivity index (χ3n) is 3.81. The van der Waals surface area contributed by atoms with Crippen molar-refractivity contribution in [2.75, 3.05) is 26.0 Å². The highest BCUT2D eigenvalue weighted by Gasteiger charge is 2.22. The summed E-state index contributed by atoms with van der Waals surface area (Å²) in [6, 6.07) is 5.21. The standard InChI is InChI=1S/C16H18F2N6/c1-10-7-14(24-16(22-10)20-9-21-24)19-8-13(23(2)3)15-11(17)5-4-6-12(15)18/h4-7,9,13,19H,8H2,1-3H3. The molecule has 3 aromatic rings. The van der Waals surface area contributed by atoms with Gasteiger partial charge in [0.2, 0.25) is 0 Å². The molecular formula is C16H18F2N6. The van der Waals surface area contributed by atoms with E-state index in [1.165, 1.54) is 24.5 Å². The summed E-state index contributed by atoms with van der Waals surface area (Å²) in [5.41, 5.74) is 0.812. The van der Waals surface area contributed by atoms with E-state index in [2.05, 4.69) is 20.4 Å². The Balaban J connectivity index is 1.91. The van der Waals surface area contributed by atoms with Crippen LogP contribution < -0.4 is 5.32 Å². The Hall–Kier alpha value is -2.61. The van der Waals surface area contributed by atoms with Crippen LogP contribution in [0.15, 0.2) is 30.6 Å². The maximum atomic E-state index is 14.1. The van der Waals surface area contributed by atoms with E-state index < -0.39 is 17.7 Å². The first-order valence-electron chi connectivity index (χ1n) is 7.49. The summed E-state index contributed by atoms with van der Waals surface area (Å²) in [5, 5.41) is 7.30. The Bertz CT molecular complexity index is 841. The van der Waals surface area contributed by atoms with Gasteiger partial charge in [-0.05, 0) is 33.2 Å². The number of rotatable bonds is 5. The van der Waals surface area contributed by atoms with Gasteiger partial charge in [0.15, 0.2) is 0 Å². The van der Waals surface area contributed by atoms with Crippen molar-refractivity contribution in [3.63, 3.8) is 0 Å². The van der Waals surface area contributed by atoms with Gasteiger partial charge >= 0.3 is 0 Å². The predicted molar refractivity (Wildman–Crippen MR) is 86.8 cm³/mol. The Morgan fingerprint density at radius 1 is 1.25 bits per heavy atom. The highest BCUT2D eigenvalue weighted by Crippen LogP contribution is 2.25. The first kappa shape index (κ1) is 16.3. The predicted octanol–water partition coefficient (Wildman–Crippen LogP) is 2.43. The van der Waals surface area contributed by atoms with Crippen molar-refractivity contribution in [1.82, 2.24) is 24.5 Å². The lowest BCUT2D eigenvalue weighted by molar-refractivity contribution is 0.295. The van der Waals surface area contributed by atoms with Gasteiger partial charge < -0.3 is 10.2 Å². The Morgan fingerprint density at radius 3 is 2.62 bits per heavy atom. The molecular weight excluding hydrogens is 314 g/mol. The van der Waals surface area contributed by atoms with Gasteiger partial charge in [-0.25, -0.2) is 13.8 Å². The van der Waals surface area contributed by atoms with Crippen LogP contribution in [0, 0.1) is 18.6 Å². The summed E-state index contributed by atoms with van der Waals surface area (Å²) in [5.74, 6) is 0.00851. The molecule has 6 nitrogen and oxygen atoms in total. The molecule has 1 aromatic carbocycles. The molecule has 0 aliphatic heterocycles. The van der Waals surface area contributed by atoms with Gasteiger partial charge in [0.05, 0.1) is 6.04 Å². The number of aryl methyl sites for hydroxylation is 1. The van der Waals surface area contributed by atoms with Crippen molar-refractivity contribution < 1.29 is 8.78 Å². The Kier molecular flexibility index (Phi) is 4.39. The first-order chi connectivity index (χ1) is 11.5. The molecule has 2 heterocycles. The zero-order valence-electron chi connectivity index (χ0n) is 13.7. The first-order valence-corrected chi connectivity index (χ1v) is 7.49. The molecule has 8 heteroatoms. The van der Waals surface area contributed by atoms with Crippen LogP contribution in [0.1, 0.15) is 17.3 Å². The number of nitrogens with zero attached hydrogens (tertiary/aromatic N) is 5. The molecule has 2 aromatic heterocycles. The molecule has 0 saturated carbocycles. The number of benzene rings is 1. The normalized spacial score (nSPS) is 12.8. The number of halogens is 2. The fourth-order valence-electron chi connectivity index (χ4n) is 2.63. The lowest BCUT2D eigenvalue weighted by atomic mass is 10.0. The molecule has 1 unspecified atom stereocenters. The van der Waals surface area contributed by atoms with Gasteiger partial charge in [-0.2, -0.15) is 14.6 Å². The lowest BCUT2D eigenvalue weighted by Gasteiger charge is -2.26. The van der Waals surface area contributed by atoms with Gasteiger partial charge in [0, 0.05) is 23.9 Å². The number of anilines is 1. The second-order valence-electron chi connectivity index (χ2n) is 5.75. The van der Waals surface area contributed by atoms with Crippen LogP contribution in [-0.2, 0) is 0 Å². The van der Waals surface area contributed by atoms with E-state index in [0.717, 1.165) is 5.69 Å². The van der Waals surface area contributed by atoms with Gasteiger partial charge in [-0.1, -0.05) is 6.07 Å². The molecule has 0 aliphatic carbocycles. The number of likely N-dealkylation sites (N-methyl/N-ethyl adjacent to an activating group) is 1. The summed E-state index contributed by atoms with van der Waals surface area (Å²) in [7, 11) is 3.56. The second-order valence-corrected chi connectivity index (χ2v) is 5.75. The van der Waals surface area contributed by atoms with E-state index in [1.807, 2.05) is 13.0 Å². The molecule has 0 saturated heterocycles. The van der Waals surface area contributed by atoms with Crippen LogP contribution in [0.5, 0.6) is 0 Å². The minimum absolute atomic E-state index is 0.0376. The van der Waals surface area contributed by atoms with Crippen molar-refractivity contribution in [3.05, 3.63) is 53.5 Å². The van der Waals surface area contributed by atoms with Gasteiger partial charge in [0.25, 0.3) is 5.78 Å². The van der Waals surface area contributed by atoms with E-state index in [-0.39, 0.29) is 5.56 Å². The number of aromatic nitrogens is 4. The maximum Gasteiger partial charge on any atom is 0.254 e. The van der Waals surface area contributed by atoms with Gasteiger partial charge in [-0.3, -0.25) is 0 Å². The lowest BCUT2D eigenvalue weighted by Crippen LogP contribution is -2.29. The molecule has 126 valence electrons. The summed E-state index contributed by atoms with van der Waals surface area (Å²) in [6.45, 7) is 2.14.